The van der Waals surface area contributed by atoms with Gasteiger partial charge in [-0.05, 0) is 24.3 Å². The van der Waals surface area contributed by atoms with Crippen LogP contribution in [0.15, 0.2) is 50.4 Å². The van der Waals surface area contributed by atoms with Crippen molar-refractivity contribution in [3.8, 4) is 0 Å². The van der Waals surface area contributed by atoms with Gasteiger partial charge in [-0.1, -0.05) is 35.3 Å². The summed E-state index contributed by atoms with van der Waals surface area (Å²) in [5.74, 6) is -4.26. The predicted octanol–water partition coefficient (Wildman–Crippen LogP) is 2.43. The monoisotopic (exact) mass is 478 g/mol. The van der Waals surface area contributed by atoms with Gasteiger partial charge in [-0.15, -0.1) is 0 Å². The first-order valence-electron chi connectivity index (χ1n) is 9.06. The third kappa shape index (κ3) is 3.92. The first-order chi connectivity index (χ1) is 15.1. The zero-order chi connectivity index (χ0) is 23.7. The summed E-state index contributed by atoms with van der Waals surface area (Å²) in [6.45, 7) is 0. The summed E-state index contributed by atoms with van der Waals surface area (Å²) in [6, 6.07) is 9.66. The number of Topliss-reactive ketones (excluding diaryl/α,β-unsaturated/α-hetero) is 1. The summed E-state index contributed by atoms with van der Waals surface area (Å²) in [4.78, 5) is 59.3. The summed E-state index contributed by atoms with van der Waals surface area (Å²) in [6.07, 6.45) is 0. The van der Waals surface area contributed by atoms with E-state index in [1.165, 1.54) is 29.6 Å². The van der Waals surface area contributed by atoms with Gasteiger partial charge in [-0.2, -0.15) is 0 Å². The molecule has 1 atom stereocenters. The van der Waals surface area contributed by atoms with Gasteiger partial charge in [0.15, 0.2) is 11.7 Å². The fourth-order valence-electron chi connectivity index (χ4n) is 3.22. The van der Waals surface area contributed by atoms with E-state index in [0.717, 1.165) is 7.11 Å². The van der Waals surface area contributed by atoms with Crippen LogP contribution < -0.4 is 16.3 Å². The minimum atomic E-state index is -1.47. The van der Waals surface area contributed by atoms with Crippen LogP contribution in [0, 0.1) is 5.92 Å². The number of carbonyl (C=O) groups is 3. The minimum Gasteiger partial charge on any atom is -0.468 e. The number of methoxy groups -OCH3 is 1. The Morgan fingerprint density at radius 2 is 1.62 bits per heavy atom. The number of rotatable bonds is 1. The molecule has 1 aromatic heterocycles. The van der Waals surface area contributed by atoms with E-state index < -0.39 is 35.0 Å². The Kier molecular flexibility index (Phi) is 6.52. The number of aryl methyl sites for hydroxylation is 1. The van der Waals surface area contributed by atoms with E-state index in [2.05, 4.69) is 9.15 Å². The number of hydrogen-bond donors (Lipinski definition) is 0. The van der Waals surface area contributed by atoms with E-state index in [-0.39, 0.29) is 21.0 Å². The Balaban J connectivity index is 0.000000186. The lowest BCUT2D eigenvalue weighted by Gasteiger charge is -2.29. The highest BCUT2D eigenvalue weighted by molar-refractivity contribution is 6.39. The van der Waals surface area contributed by atoms with Crippen molar-refractivity contribution < 1.29 is 23.5 Å². The molecule has 3 aromatic rings. The number of hydrogen-bond acceptors (Lipinski definition) is 7. The zero-order valence-corrected chi connectivity index (χ0v) is 18.6. The van der Waals surface area contributed by atoms with Crippen LogP contribution in [0.4, 0.5) is 5.69 Å². The molecule has 2 heterocycles. The normalized spacial score (nSPS) is 15.2. The second-order valence-corrected chi connectivity index (χ2v) is 7.51. The molecule has 0 fully saturated rings. The fraction of sp³-hybridized carbons (Fsp3) is 0.190. The SMILES string of the molecule is COC(=O)C1C(=O)c2c(Cl)cccc2N(C)C1=O.Cn1c(=O)oc(=O)c2c(Cl)cccc21. The van der Waals surface area contributed by atoms with Crippen LogP contribution in [0.25, 0.3) is 10.9 Å². The number of carbonyl (C=O) groups excluding carboxylic acids is 3. The van der Waals surface area contributed by atoms with E-state index in [9.17, 15) is 24.0 Å². The first-order valence-corrected chi connectivity index (χ1v) is 9.82. The fourth-order valence-corrected chi connectivity index (χ4v) is 3.73. The van der Waals surface area contributed by atoms with Crippen LogP contribution in [0.2, 0.25) is 10.0 Å². The summed E-state index contributed by atoms with van der Waals surface area (Å²) in [7, 11) is 4.13. The van der Waals surface area contributed by atoms with Gasteiger partial charge in [0.1, 0.15) is 5.39 Å². The number of benzene rings is 2. The van der Waals surface area contributed by atoms with Crippen LogP contribution >= 0.6 is 23.2 Å². The van der Waals surface area contributed by atoms with E-state index >= 15 is 0 Å². The topological polar surface area (TPSA) is 116 Å². The lowest BCUT2D eigenvalue weighted by molar-refractivity contribution is -0.147. The number of nitrogens with zero attached hydrogens (tertiary/aromatic N) is 2. The molecular weight excluding hydrogens is 463 g/mol. The maximum Gasteiger partial charge on any atom is 0.422 e. The van der Waals surface area contributed by atoms with Crippen LogP contribution in [0.5, 0.6) is 0 Å². The molecule has 9 nitrogen and oxygen atoms in total. The van der Waals surface area contributed by atoms with Crippen molar-refractivity contribution in [1.82, 2.24) is 4.57 Å². The van der Waals surface area contributed by atoms with Gasteiger partial charge in [0.2, 0.25) is 5.91 Å². The number of esters is 1. The Labute approximate surface area is 190 Å². The summed E-state index contributed by atoms with van der Waals surface area (Å²) >= 11 is 11.8. The lowest BCUT2D eigenvalue weighted by atomic mass is 9.90. The molecule has 1 aliphatic heterocycles. The molecule has 32 heavy (non-hydrogen) atoms. The minimum absolute atomic E-state index is 0.177. The molecule has 0 radical (unpaired) electrons. The van der Waals surface area contributed by atoms with Crippen LogP contribution in [-0.4, -0.2) is 36.4 Å². The van der Waals surface area contributed by atoms with E-state index in [0.29, 0.717) is 11.2 Å². The number of aromatic nitrogens is 1. The highest BCUT2D eigenvalue weighted by atomic mass is 35.5. The summed E-state index contributed by atoms with van der Waals surface area (Å²) < 4.78 is 10.2. The number of ether oxygens (including phenoxy) is 1. The van der Waals surface area contributed by atoms with Crippen LogP contribution in [0.3, 0.4) is 0 Å². The maximum absolute atomic E-state index is 12.2. The van der Waals surface area contributed by atoms with Gasteiger partial charge in [0.25, 0.3) is 0 Å². The number of amides is 1. The van der Waals surface area contributed by atoms with Crippen molar-refractivity contribution in [1.29, 1.82) is 0 Å². The van der Waals surface area contributed by atoms with E-state index in [1.807, 2.05) is 0 Å². The summed E-state index contributed by atoms with van der Waals surface area (Å²) in [5, 5.41) is 0.730. The highest BCUT2D eigenvalue weighted by Gasteiger charge is 2.44. The Hall–Kier alpha value is -3.43. The third-order valence-corrected chi connectivity index (χ3v) is 5.52. The zero-order valence-electron chi connectivity index (χ0n) is 17.0. The van der Waals surface area contributed by atoms with Crippen molar-refractivity contribution in [2.45, 2.75) is 0 Å². The molecule has 1 unspecified atom stereocenters. The van der Waals surface area contributed by atoms with Crippen molar-refractivity contribution in [2.24, 2.45) is 13.0 Å². The quantitative estimate of drug-likeness (QED) is 0.389. The second-order valence-electron chi connectivity index (χ2n) is 6.70. The molecule has 1 amide bonds. The number of fused-ring (bicyclic) bond motifs is 2. The molecule has 0 saturated carbocycles. The molecular formula is C21H16Cl2N2O7. The number of ketones is 1. The molecule has 4 rings (SSSR count). The predicted molar refractivity (Wildman–Crippen MR) is 117 cm³/mol. The van der Waals surface area contributed by atoms with E-state index in [4.69, 9.17) is 23.2 Å². The highest BCUT2D eigenvalue weighted by Crippen LogP contribution is 2.34. The van der Waals surface area contributed by atoms with Crippen molar-refractivity contribution in [3.05, 3.63) is 73.0 Å². The van der Waals surface area contributed by atoms with Gasteiger partial charge >= 0.3 is 17.4 Å². The largest absolute Gasteiger partial charge is 0.468 e. The van der Waals surface area contributed by atoms with Gasteiger partial charge in [0, 0.05) is 14.1 Å². The standard InChI is InChI=1S/C12H10ClNO4.C9H6ClNO3/c1-14-7-5-3-4-6(13)8(7)10(15)9(11(14)16)12(17)18-2;1-11-6-4-2-3-5(10)7(6)8(12)14-9(11)13/h3-5,9H,1-2H3;2-4H,1H3. The maximum atomic E-state index is 12.2. The molecule has 0 spiro atoms. The van der Waals surface area contributed by atoms with Gasteiger partial charge in [-0.25, -0.2) is 9.59 Å². The molecule has 166 valence electrons. The average molecular weight is 479 g/mol. The first kappa shape index (κ1) is 23.2. The van der Waals surface area contributed by atoms with Gasteiger partial charge in [-0.3, -0.25) is 19.0 Å². The molecule has 1 aliphatic rings. The lowest BCUT2D eigenvalue weighted by Crippen LogP contribution is -2.46. The Morgan fingerprint density at radius 1 is 1.00 bits per heavy atom. The molecule has 0 bridgehead atoms. The van der Waals surface area contributed by atoms with Crippen molar-refractivity contribution in [3.63, 3.8) is 0 Å². The Bertz CT molecular complexity index is 1380. The van der Waals surface area contributed by atoms with Crippen LogP contribution in [0.1, 0.15) is 10.4 Å². The van der Waals surface area contributed by atoms with Gasteiger partial charge < -0.3 is 14.1 Å². The molecule has 0 aliphatic carbocycles. The Morgan fingerprint density at radius 3 is 2.28 bits per heavy atom. The summed E-state index contributed by atoms with van der Waals surface area (Å²) in [5.41, 5.74) is 0.349. The average Bonchev–Trinajstić information content (AvgIpc) is 2.76. The van der Waals surface area contributed by atoms with Gasteiger partial charge in [0.05, 0.1) is 33.9 Å². The van der Waals surface area contributed by atoms with Crippen molar-refractivity contribution >= 4 is 57.5 Å². The molecule has 11 heteroatoms. The van der Waals surface area contributed by atoms with Crippen molar-refractivity contribution in [2.75, 3.05) is 19.1 Å². The second kappa shape index (κ2) is 8.97. The number of anilines is 1. The number of halogens is 2. The third-order valence-electron chi connectivity index (χ3n) is 4.89. The molecule has 0 N–H and O–H groups in total. The van der Waals surface area contributed by atoms with Crippen LogP contribution in [-0.2, 0) is 21.4 Å². The smallest absolute Gasteiger partial charge is 0.422 e. The van der Waals surface area contributed by atoms with E-state index in [1.54, 1.807) is 30.3 Å². The molecule has 2 aromatic carbocycles. The molecule has 0 saturated heterocycles.